The molecule has 0 bridgehead atoms. The van der Waals surface area contributed by atoms with E-state index >= 15 is 0 Å². The van der Waals surface area contributed by atoms with Crippen LogP contribution < -0.4 is 0 Å². The zero-order chi connectivity index (χ0) is 16.3. The molecular formula is C16H21NO4S. The molecule has 2 atom stereocenters. The summed E-state index contributed by atoms with van der Waals surface area (Å²) >= 11 is 0. The molecule has 0 saturated carbocycles. The van der Waals surface area contributed by atoms with Gasteiger partial charge < -0.3 is 5.11 Å². The lowest BCUT2D eigenvalue weighted by molar-refractivity contribution is -0.131. The van der Waals surface area contributed by atoms with Gasteiger partial charge in [0.1, 0.15) is 0 Å². The standard InChI is InChI=1S/C16H21NO4S/c1-12-9-13(2)11-17(10-12)22(20,21)15-6-3-14(4-7-15)5-8-16(18)19/h3-8,12-13H,9-11H2,1-2H3,(H,18,19)/b8-5+. The topological polar surface area (TPSA) is 74.7 Å². The van der Waals surface area contributed by atoms with Crippen molar-refractivity contribution in [2.45, 2.75) is 25.2 Å². The van der Waals surface area contributed by atoms with Gasteiger partial charge >= 0.3 is 5.97 Å². The van der Waals surface area contributed by atoms with E-state index in [-0.39, 0.29) is 4.90 Å². The van der Waals surface area contributed by atoms with Crippen LogP contribution in [0.4, 0.5) is 0 Å². The summed E-state index contributed by atoms with van der Waals surface area (Å²) in [5.41, 5.74) is 0.654. The molecule has 1 heterocycles. The average Bonchev–Trinajstić information content (AvgIpc) is 2.44. The molecule has 0 radical (unpaired) electrons. The van der Waals surface area contributed by atoms with Crippen LogP contribution in [0.25, 0.3) is 6.08 Å². The lowest BCUT2D eigenvalue weighted by atomic mass is 9.94. The first-order chi connectivity index (χ1) is 10.3. The van der Waals surface area contributed by atoms with Crippen LogP contribution in [0.1, 0.15) is 25.8 Å². The summed E-state index contributed by atoms with van der Waals surface area (Å²) in [6.45, 7) is 5.23. The Balaban J connectivity index is 2.21. The fourth-order valence-corrected chi connectivity index (χ4v) is 4.55. The number of carboxylic acids is 1. The second kappa shape index (κ2) is 6.62. The third kappa shape index (κ3) is 3.96. The van der Waals surface area contributed by atoms with Gasteiger partial charge in [-0.15, -0.1) is 0 Å². The van der Waals surface area contributed by atoms with Crippen molar-refractivity contribution in [2.75, 3.05) is 13.1 Å². The molecule has 0 amide bonds. The van der Waals surface area contributed by atoms with E-state index in [1.165, 1.54) is 18.2 Å². The number of hydrogen-bond acceptors (Lipinski definition) is 3. The minimum absolute atomic E-state index is 0.251. The van der Waals surface area contributed by atoms with Gasteiger partial charge in [0.2, 0.25) is 10.0 Å². The monoisotopic (exact) mass is 323 g/mol. The van der Waals surface area contributed by atoms with Crippen LogP contribution in [0.15, 0.2) is 35.2 Å². The van der Waals surface area contributed by atoms with Gasteiger partial charge in [-0.1, -0.05) is 26.0 Å². The summed E-state index contributed by atoms with van der Waals surface area (Å²) in [6.07, 6.45) is 3.51. The van der Waals surface area contributed by atoms with Gasteiger partial charge in [0.15, 0.2) is 0 Å². The first kappa shape index (κ1) is 16.7. The van der Waals surface area contributed by atoms with Gasteiger partial charge in [0.05, 0.1) is 4.90 Å². The number of carbonyl (C=O) groups is 1. The predicted octanol–water partition coefficient (Wildman–Crippen LogP) is 2.45. The molecule has 2 rings (SSSR count). The van der Waals surface area contributed by atoms with Crippen molar-refractivity contribution in [2.24, 2.45) is 11.8 Å². The van der Waals surface area contributed by atoms with E-state index in [4.69, 9.17) is 5.11 Å². The Hall–Kier alpha value is -1.66. The van der Waals surface area contributed by atoms with Crippen LogP contribution >= 0.6 is 0 Å². The van der Waals surface area contributed by atoms with Crippen molar-refractivity contribution < 1.29 is 18.3 Å². The van der Waals surface area contributed by atoms with Crippen molar-refractivity contribution in [3.05, 3.63) is 35.9 Å². The molecule has 1 fully saturated rings. The largest absolute Gasteiger partial charge is 0.478 e. The van der Waals surface area contributed by atoms with Gasteiger partial charge in [-0.2, -0.15) is 4.31 Å². The molecule has 1 N–H and O–H groups in total. The Kier molecular flexibility index (Phi) is 5.03. The molecule has 22 heavy (non-hydrogen) atoms. The number of hydrogen-bond donors (Lipinski definition) is 1. The summed E-state index contributed by atoms with van der Waals surface area (Å²) in [5, 5.41) is 8.59. The van der Waals surface area contributed by atoms with Gasteiger partial charge in [0.25, 0.3) is 0 Å². The first-order valence-corrected chi connectivity index (χ1v) is 8.74. The van der Waals surface area contributed by atoms with E-state index in [0.717, 1.165) is 12.5 Å². The number of nitrogens with zero attached hydrogens (tertiary/aromatic N) is 1. The highest BCUT2D eigenvalue weighted by Gasteiger charge is 2.31. The molecule has 5 nitrogen and oxygen atoms in total. The third-order valence-corrected chi connectivity index (χ3v) is 5.62. The van der Waals surface area contributed by atoms with E-state index < -0.39 is 16.0 Å². The fourth-order valence-electron chi connectivity index (χ4n) is 2.87. The highest BCUT2D eigenvalue weighted by Crippen LogP contribution is 2.26. The molecule has 0 spiro atoms. The van der Waals surface area contributed by atoms with Crippen LogP contribution in [0.5, 0.6) is 0 Å². The smallest absolute Gasteiger partial charge is 0.328 e. The first-order valence-electron chi connectivity index (χ1n) is 7.30. The third-order valence-electron chi connectivity index (χ3n) is 3.77. The fraction of sp³-hybridized carbons (Fsp3) is 0.438. The van der Waals surface area contributed by atoms with Crippen molar-refractivity contribution >= 4 is 22.1 Å². The molecule has 2 unspecified atom stereocenters. The van der Waals surface area contributed by atoms with Crippen molar-refractivity contribution in [3.8, 4) is 0 Å². The van der Waals surface area contributed by atoms with Crippen LogP contribution in [0.3, 0.4) is 0 Å². The Morgan fingerprint density at radius 1 is 1.18 bits per heavy atom. The molecule has 1 aliphatic rings. The number of benzene rings is 1. The minimum atomic E-state index is -3.48. The number of rotatable bonds is 4. The lowest BCUT2D eigenvalue weighted by Crippen LogP contribution is -2.42. The van der Waals surface area contributed by atoms with Crippen molar-refractivity contribution in [3.63, 3.8) is 0 Å². The van der Waals surface area contributed by atoms with Crippen molar-refractivity contribution in [1.29, 1.82) is 0 Å². The predicted molar refractivity (Wildman–Crippen MR) is 84.8 cm³/mol. The Morgan fingerprint density at radius 3 is 2.23 bits per heavy atom. The second-order valence-electron chi connectivity index (χ2n) is 6.01. The molecule has 1 aliphatic heterocycles. The normalized spacial score (nSPS) is 23.7. The maximum absolute atomic E-state index is 12.7. The van der Waals surface area contributed by atoms with Gasteiger partial charge in [0, 0.05) is 19.2 Å². The second-order valence-corrected chi connectivity index (χ2v) is 7.95. The highest BCUT2D eigenvalue weighted by atomic mass is 32.2. The van der Waals surface area contributed by atoms with Crippen LogP contribution in [0, 0.1) is 11.8 Å². The van der Waals surface area contributed by atoms with Crippen LogP contribution in [0.2, 0.25) is 0 Å². The van der Waals surface area contributed by atoms with Gasteiger partial charge in [-0.05, 0) is 42.0 Å². The van der Waals surface area contributed by atoms with E-state index in [9.17, 15) is 13.2 Å². The Morgan fingerprint density at radius 2 is 1.73 bits per heavy atom. The van der Waals surface area contributed by atoms with Crippen molar-refractivity contribution in [1.82, 2.24) is 4.31 Å². The zero-order valence-corrected chi connectivity index (χ0v) is 13.6. The van der Waals surface area contributed by atoms with Gasteiger partial charge in [-0.25, -0.2) is 13.2 Å². The lowest BCUT2D eigenvalue weighted by Gasteiger charge is -2.34. The summed E-state index contributed by atoms with van der Waals surface area (Å²) in [4.78, 5) is 10.7. The molecule has 0 aliphatic carbocycles. The Labute approximate surface area is 131 Å². The average molecular weight is 323 g/mol. The number of aliphatic carboxylic acids is 1. The SMILES string of the molecule is CC1CC(C)CN(S(=O)(=O)c2ccc(/C=C/C(=O)O)cc2)C1. The minimum Gasteiger partial charge on any atom is -0.478 e. The van der Waals surface area contributed by atoms with E-state index in [0.29, 0.717) is 30.5 Å². The van der Waals surface area contributed by atoms with Crippen LogP contribution in [-0.4, -0.2) is 36.9 Å². The highest BCUT2D eigenvalue weighted by molar-refractivity contribution is 7.89. The molecule has 120 valence electrons. The number of sulfonamides is 1. The zero-order valence-electron chi connectivity index (χ0n) is 12.8. The van der Waals surface area contributed by atoms with E-state index in [1.54, 1.807) is 16.4 Å². The number of piperidine rings is 1. The maximum atomic E-state index is 12.7. The molecule has 1 saturated heterocycles. The van der Waals surface area contributed by atoms with E-state index in [1.807, 2.05) is 0 Å². The quantitative estimate of drug-likeness (QED) is 0.864. The van der Waals surface area contributed by atoms with Crippen LogP contribution in [-0.2, 0) is 14.8 Å². The maximum Gasteiger partial charge on any atom is 0.328 e. The number of carboxylic acid groups (broad SMARTS) is 1. The summed E-state index contributed by atoms with van der Waals surface area (Å²) < 4.78 is 26.9. The summed E-state index contributed by atoms with van der Waals surface area (Å²) in [7, 11) is -3.48. The summed E-state index contributed by atoms with van der Waals surface area (Å²) in [5.74, 6) is -0.319. The summed E-state index contributed by atoms with van der Waals surface area (Å²) in [6, 6.07) is 6.29. The van der Waals surface area contributed by atoms with Gasteiger partial charge in [-0.3, -0.25) is 0 Å². The molecule has 1 aromatic carbocycles. The Bertz CT molecular complexity index is 654. The molecule has 0 aromatic heterocycles. The molecule has 1 aromatic rings. The molecular weight excluding hydrogens is 302 g/mol. The molecule has 6 heteroatoms. The van der Waals surface area contributed by atoms with E-state index in [2.05, 4.69) is 13.8 Å².